The van der Waals surface area contributed by atoms with E-state index in [4.69, 9.17) is 5.11 Å². The Morgan fingerprint density at radius 3 is 2.17 bits per heavy atom. The molecule has 1 heterocycles. The van der Waals surface area contributed by atoms with Crippen molar-refractivity contribution >= 4 is 0 Å². The molecule has 1 N–H and O–H groups in total. The number of nitrogens with zero attached hydrogens (tertiary/aromatic N) is 2. The molecule has 0 aliphatic carbocycles. The van der Waals surface area contributed by atoms with Gasteiger partial charge >= 0.3 is 0 Å². The Kier molecular flexibility index (Phi) is 8.64. The Labute approximate surface area is 113 Å². The van der Waals surface area contributed by atoms with Crippen LogP contribution in [0.5, 0.6) is 0 Å². The highest BCUT2D eigenvalue weighted by molar-refractivity contribution is 4.71. The van der Waals surface area contributed by atoms with Crippen LogP contribution in [0.15, 0.2) is 0 Å². The van der Waals surface area contributed by atoms with E-state index < -0.39 is 0 Å². The van der Waals surface area contributed by atoms with Crippen LogP contribution >= 0.6 is 0 Å². The van der Waals surface area contributed by atoms with E-state index in [9.17, 15) is 0 Å². The molecule has 0 saturated carbocycles. The van der Waals surface area contributed by atoms with Crippen LogP contribution in [-0.2, 0) is 0 Å². The number of likely N-dealkylation sites (N-methyl/N-ethyl adjacent to an activating group) is 1. The quantitative estimate of drug-likeness (QED) is 0.685. The number of aliphatic hydroxyl groups excluding tert-OH is 1. The summed E-state index contributed by atoms with van der Waals surface area (Å²) in [4.78, 5) is 5.14. The zero-order valence-corrected chi connectivity index (χ0v) is 12.4. The highest BCUT2D eigenvalue weighted by Gasteiger charge is 2.15. The van der Waals surface area contributed by atoms with E-state index in [0.29, 0.717) is 6.61 Å². The van der Waals surface area contributed by atoms with Gasteiger partial charge in [-0.3, -0.25) is 0 Å². The predicted molar refractivity (Wildman–Crippen MR) is 77.9 cm³/mol. The molecule has 18 heavy (non-hydrogen) atoms. The van der Waals surface area contributed by atoms with Crippen molar-refractivity contribution in [1.29, 1.82) is 0 Å². The first-order valence-electron chi connectivity index (χ1n) is 7.85. The van der Waals surface area contributed by atoms with Gasteiger partial charge in [-0.2, -0.15) is 0 Å². The molecule has 0 unspecified atom stereocenters. The molecule has 1 aliphatic heterocycles. The SMILES string of the molecule is CCC[C@@H](CCO)CCCN1CCN(CC)CC1. The van der Waals surface area contributed by atoms with Crippen molar-refractivity contribution in [2.75, 3.05) is 45.9 Å². The van der Waals surface area contributed by atoms with Crippen LogP contribution in [-0.4, -0.2) is 60.8 Å². The highest BCUT2D eigenvalue weighted by Crippen LogP contribution is 2.17. The third-order valence-electron chi connectivity index (χ3n) is 4.23. The minimum atomic E-state index is 0.361. The largest absolute Gasteiger partial charge is 0.396 e. The van der Waals surface area contributed by atoms with E-state index >= 15 is 0 Å². The van der Waals surface area contributed by atoms with Gasteiger partial charge in [0.25, 0.3) is 0 Å². The van der Waals surface area contributed by atoms with Gasteiger partial charge in [-0.1, -0.05) is 26.7 Å². The summed E-state index contributed by atoms with van der Waals surface area (Å²) in [7, 11) is 0. The van der Waals surface area contributed by atoms with Crippen molar-refractivity contribution < 1.29 is 5.11 Å². The fraction of sp³-hybridized carbons (Fsp3) is 1.00. The van der Waals surface area contributed by atoms with Gasteiger partial charge in [0.15, 0.2) is 0 Å². The average molecular weight is 256 g/mol. The topological polar surface area (TPSA) is 26.7 Å². The van der Waals surface area contributed by atoms with Gasteiger partial charge < -0.3 is 14.9 Å². The van der Waals surface area contributed by atoms with Gasteiger partial charge in [0, 0.05) is 32.8 Å². The summed E-state index contributed by atoms with van der Waals surface area (Å²) >= 11 is 0. The normalized spacial score (nSPS) is 20.2. The summed E-state index contributed by atoms with van der Waals surface area (Å²) in [5.41, 5.74) is 0. The molecular formula is C15H32N2O. The lowest BCUT2D eigenvalue weighted by Gasteiger charge is -2.34. The Bertz CT molecular complexity index is 185. The molecule has 1 rings (SSSR count). The minimum Gasteiger partial charge on any atom is -0.396 e. The molecule has 3 heteroatoms. The molecule has 1 atom stereocenters. The first-order chi connectivity index (χ1) is 8.80. The van der Waals surface area contributed by atoms with Gasteiger partial charge in [0.2, 0.25) is 0 Å². The molecule has 0 amide bonds. The van der Waals surface area contributed by atoms with E-state index in [1.165, 1.54) is 65.0 Å². The molecule has 0 bridgehead atoms. The van der Waals surface area contributed by atoms with Crippen LogP contribution in [0, 0.1) is 5.92 Å². The van der Waals surface area contributed by atoms with Crippen LogP contribution < -0.4 is 0 Å². The van der Waals surface area contributed by atoms with Gasteiger partial charge in [-0.15, -0.1) is 0 Å². The molecule has 1 fully saturated rings. The maximum absolute atomic E-state index is 9.05. The second kappa shape index (κ2) is 9.76. The van der Waals surface area contributed by atoms with Crippen molar-refractivity contribution in [3.63, 3.8) is 0 Å². The zero-order valence-electron chi connectivity index (χ0n) is 12.4. The van der Waals surface area contributed by atoms with E-state index in [0.717, 1.165) is 12.3 Å². The maximum atomic E-state index is 9.05. The molecule has 1 aliphatic rings. The smallest absolute Gasteiger partial charge is 0.0433 e. The Hall–Kier alpha value is -0.120. The summed E-state index contributed by atoms with van der Waals surface area (Å²) in [6.07, 6.45) is 6.13. The molecule has 108 valence electrons. The first-order valence-corrected chi connectivity index (χ1v) is 7.85. The molecule has 3 nitrogen and oxygen atoms in total. The molecule has 0 aromatic carbocycles. The van der Waals surface area contributed by atoms with Gasteiger partial charge in [0.05, 0.1) is 0 Å². The first kappa shape index (κ1) is 15.9. The van der Waals surface area contributed by atoms with Crippen molar-refractivity contribution in [3.05, 3.63) is 0 Å². The van der Waals surface area contributed by atoms with Crippen LogP contribution in [0.25, 0.3) is 0 Å². The van der Waals surface area contributed by atoms with Crippen molar-refractivity contribution in [2.45, 2.75) is 46.0 Å². The molecular weight excluding hydrogens is 224 g/mol. The highest BCUT2D eigenvalue weighted by atomic mass is 16.3. The lowest BCUT2D eigenvalue weighted by atomic mass is 9.95. The van der Waals surface area contributed by atoms with E-state index in [-0.39, 0.29) is 0 Å². The average Bonchev–Trinajstić information content (AvgIpc) is 2.40. The number of rotatable bonds is 9. The number of hydrogen-bond acceptors (Lipinski definition) is 3. The van der Waals surface area contributed by atoms with Crippen LogP contribution in [0.2, 0.25) is 0 Å². The van der Waals surface area contributed by atoms with Gasteiger partial charge in [0.1, 0.15) is 0 Å². The Morgan fingerprint density at radius 2 is 1.61 bits per heavy atom. The summed E-state index contributed by atoms with van der Waals surface area (Å²) in [5, 5.41) is 9.05. The van der Waals surface area contributed by atoms with Gasteiger partial charge in [-0.05, 0) is 38.3 Å². The van der Waals surface area contributed by atoms with Gasteiger partial charge in [-0.25, -0.2) is 0 Å². The zero-order chi connectivity index (χ0) is 13.2. The van der Waals surface area contributed by atoms with Crippen molar-refractivity contribution in [3.8, 4) is 0 Å². The number of hydrogen-bond donors (Lipinski definition) is 1. The molecule has 1 saturated heterocycles. The maximum Gasteiger partial charge on any atom is 0.0433 e. The Balaban J connectivity index is 2.09. The fourth-order valence-corrected chi connectivity index (χ4v) is 2.96. The van der Waals surface area contributed by atoms with Crippen LogP contribution in [0.3, 0.4) is 0 Å². The summed E-state index contributed by atoms with van der Waals surface area (Å²) in [5.74, 6) is 0.747. The summed E-state index contributed by atoms with van der Waals surface area (Å²) in [6, 6.07) is 0. The molecule has 0 radical (unpaired) electrons. The number of piperazine rings is 1. The molecule has 0 aromatic heterocycles. The predicted octanol–water partition coefficient (Wildman–Crippen LogP) is 2.20. The van der Waals surface area contributed by atoms with Crippen molar-refractivity contribution in [1.82, 2.24) is 9.80 Å². The minimum absolute atomic E-state index is 0.361. The monoisotopic (exact) mass is 256 g/mol. The standard InChI is InChI=1S/C15H32N2O/c1-3-6-15(8-14-18)7-5-9-17-12-10-16(4-2)11-13-17/h15,18H,3-14H2,1-2H3/t15-/m1/s1. The lowest BCUT2D eigenvalue weighted by molar-refractivity contribution is 0.133. The third kappa shape index (κ3) is 6.17. The summed E-state index contributed by atoms with van der Waals surface area (Å²) < 4.78 is 0. The lowest BCUT2D eigenvalue weighted by Crippen LogP contribution is -2.46. The molecule has 0 spiro atoms. The van der Waals surface area contributed by atoms with E-state index in [1.54, 1.807) is 0 Å². The van der Waals surface area contributed by atoms with E-state index in [1.807, 2.05) is 0 Å². The fourth-order valence-electron chi connectivity index (χ4n) is 2.96. The van der Waals surface area contributed by atoms with Crippen molar-refractivity contribution in [2.24, 2.45) is 5.92 Å². The van der Waals surface area contributed by atoms with Crippen LogP contribution in [0.1, 0.15) is 46.0 Å². The second-order valence-electron chi connectivity index (χ2n) is 5.59. The Morgan fingerprint density at radius 1 is 0.944 bits per heavy atom. The molecule has 0 aromatic rings. The number of aliphatic hydroxyl groups is 1. The second-order valence-corrected chi connectivity index (χ2v) is 5.59. The van der Waals surface area contributed by atoms with Crippen LogP contribution in [0.4, 0.5) is 0 Å². The van der Waals surface area contributed by atoms with E-state index in [2.05, 4.69) is 23.6 Å². The summed E-state index contributed by atoms with van der Waals surface area (Å²) in [6.45, 7) is 12.3. The third-order valence-corrected chi connectivity index (χ3v) is 4.23.